The first-order valence-corrected chi connectivity index (χ1v) is 5.41. The van der Waals surface area contributed by atoms with Crippen molar-refractivity contribution in [3.8, 4) is 0 Å². The van der Waals surface area contributed by atoms with Gasteiger partial charge in [-0.1, -0.05) is 33.6 Å². The van der Waals surface area contributed by atoms with Crippen LogP contribution in [0.4, 0.5) is 0 Å². The lowest BCUT2D eigenvalue weighted by Gasteiger charge is -2.29. The Bertz CT molecular complexity index is 121. The molecule has 1 fully saturated rings. The zero-order valence-electron chi connectivity index (χ0n) is 8.82. The van der Waals surface area contributed by atoms with Gasteiger partial charge in [-0.3, -0.25) is 0 Å². The van der Waals surface area contributed by atoms with Gasteiger partial charge >= 0.3 is 0 Å². The van der Waals surface area contributed by atoms with E-state index >= 15 is 0 Å². The summed E-state index contributed by atoms with van der Waals surface area (Å²) in [4.78, 5) is 0. The summed E-state index contributed by atoms with van der Waals surface area (Å²) in [7, 11) is 0. The van der Waals surface area contributed by atoms with E-state index in [1.54, 1.807) is 0 Å². The molecule has 1 saturated heterocycles. The van der Waals surface area contributed by atoms with Crippen LogP contribution in [0.5, 0.6) is 0 Å². The van der Waals surface area contributed by atoms with E-state index in [2.05, 4.69) is 26.1 Å². The predicted octanol–water partition coefficient (Wildman–Crippen LogP) is 2.81. The molecule has 1 atom stereocenters. The molecule has 1 heterocycles. The zero-order valence-corrected chi connectivity index (χ0v) is 8.82. The summed E-state index contributed by atoms with van der Waals surface area (Å²) in [5.74, 6) is 0.954. The molecule has 1 unspecified atom stereocenters. The summed E-state index contributed by atoms with van der Waals surface area (Å²) in [5.41, 5.74) is 0.608. The highest BCUT2D eigenvalue weighted by Crippen LogP contribution is 2.34. The van der Waals surface area contributed by atoms with Crippen LogP contribution in [0.1, 0.15) is 46.5 Å². The Morgan fingerprint density at radius 1 is 1.33 bits per heavy atom. The van der Waals surface area contributed by atoms with Gasteiger partial charge in [0.1, 0.15) is 0 Å². The smallest absolute Gasteiger partial charge is 0.00198 e. The molecule has 0 spiro atoms. The van der Waals surface area contributed by atoms with Crippen molar-refractivity contribution >= 4 is 0 Å². The molecule has 1 heteroatoms. The van der Waals surface area contributed by atoms with Gasteiger partial charge < -0.3 is 5.32 Å². The molecule has 0 aromatic rings. The summed E-state index contributed by atoms with van der Waals surface area (Å²) in [6, 6.07) is 0. The SMILES string of the molecule is CCC(C)(CC)CC1CCNC1. The Hall–Kier alpha value is -0.0400. The maximum absolute atomic E-state index is 3.44. The minimum absolute atomic E-state index is 0.608. The van der Waals surface area contributed by atoms with Gasteiger partial charge in [-0.2, -0.15) is 0 Å². The molecule has 0 aliphatic carbocycles. The molecule has 0 saturated carbocycles. The standard InChI is InChI=1S/C11H23N/c1-4-11(3,5-2)8-10-6-7-12-9-10/h10,12H,4-9H2,1-3H3. The van der Waals surface area contributed by atoms with Crippen molar-refractivity contribution in [2.24, 2.45) is 11.3 Å². The maximum Gasteiger partial charge on any atom is -0.00198 e. The van der Waals surface area contributed by atoms with Crippen molar-refractivity contribution in [2.45, 2.75) is 46.5 Å². The molecular formula is C11H23N. The van der Waals surface area contributed by atoms with Crippen LogP contribution in [0.2, 0.25) is 0 Å². The van der Waals surface area contributed by atoms with Crippen molar-refractivity contribution in [1.29, 1.82) is 0 Å². The molecule has 12 heavy (non-hydrogen) atoms. The largest absolute Gasteiger partial charge is 0.316 e. The van der Waals surface area contributed by atoms with Gasteiger partial charge in [0.05, 0.1) is 0 Å². The quantitative estimate of drug-likeness (QED) is 0.682. The molecule has 1 N–H and O–H groups in total. The minimum Gasteiger partial charge on any atom is -0.316 e. The summed E-state index contributed by atoms with van der Waals surface area (Å²) >= 11 is 0. The molecule has 1 aliphatic rings. The fourth-order valence-electron chi connectivity index (χ4n) is 2.12. The second kappa shape index (κ2) is 4.27. The third-order valence-corrected chi connectivity index (χ3v) is 3.65. The third-order valence-electron chi connectivity index (χ3n) is 3.65. The first-order chi connectivity index (χ1) is 5.70. The van der Waals surface area contributed by atoms with E-state index in [-0.39, 0.29) is 0 Å². The van der Waals surface area contributed by atoms with Crippen LogP contribution in [0.15, 0.2) is 0 Å². The molecule has 0 amide bonds. The lowest BCUT2D eigenvalue weighted by molar-refractivity contribution is 0.228. The van der Waals surface area contributed by atoms with Crippen LogP contribution in [-0.4, -0.2) is 13.1 Å². The van der Waals surface area contributed by atoms with Crippen molar-refractivity contribution < 1.29 is 0 Å². The number of hydrogen-bond acceptors (Lipinski definition) is 1. The van der Waals surface area contributed by atoms with Gasteiger partial charge in [0.15, 0.2) is 0 Å². The van der Waals surface area contributed by atoms with Gasteiger partial charge in [-0.25, -0.2) is 0 Å². The van der Waals surface area contributed by atoms with Crippen LogP contribution in [0.25, 0.3) is 0 Å². The Kier molecular flexibility index (Phi) is 3.57. The summed E-state index contributed by atoms with van der Waals surface area (Å²) in [6.07, 6.45) is 5.49. The van der Waals surface area contributed by atoms with E-state index in [1.165, 1.54) is 38.8 Å². The van der Waals surface area contributed by atoms with Crippen molar-refractivity contribution in [3.63, 3.8) is 0 Å². The molecule has 0 radical (unpaired) electrons. The molecule has 72 valence electrons. The Morgan fingerprint density at radius 3 is 2.42 bits per heavy atom. The average molecular weight is 169 g/mol. The first kappa shape index (κ1) is 10.0. The first-order valence-electron chi connectivity index (χ1n) is 5.41. The lowest BCUT2D eigenvalue weighted by atomic mass is 9.76. The van der Waals surface area contributed by atoms with Gasteiger partial charge in [0.2, 0.25) is 0 Å². The van der Waals surface area contributed by atoms with Gasteiger partial charge in [-0.15, -0.1) is 0 Å². The molecular weight excluding hydrogens is 146 g/mol. The van der Waals surface area contributed by atoms with E-state index in [9.17, 15) is 0 Å². The molecule has 1 nitrogen and oxygen atoms in total. The Morgan fingerprint density at radius 2 is 2.00 bits per heavy atom. The van der Waals surface area contributed by atoms with E-state index < -0.39 is 0 Å². The molecule has 1 rings (SSSR count). The predicted molar refractivity (Wildman–Crippen MR) is 54.3 cm³/mol. The van der Waals surface area contributed by atoms with Crippen molar-refractivity contribution in [3.05, 3.63) is 0 Å². The fraction of sp³-hybridized carbons (Fsp3) is 1.00. The number of nitrogens with one attached hydrogen (secondary N) is 1. The van der Waals surface area contributed by atoms with Gasteiger partial charge in [0.25, 0.3) is 0 Å². The maximum atomic E-state index is 3.44. The van der Waals surface area contributed by atoms with Crippen molar-refractivity contribution in [1.82, 2.24) is 5.32 Å². The number of hydrogen-bond donors (Lipinski definition) is 1. The Balaban J connectivity index is 2.35. The third kappa shape index (κ3) is 2.48. The van der Waals surface area contributed by atoms with Gasteiger partial charge in [-0.05, 0) is 37.3 Å². The topological polar surface area (TPSA) is 12.0 Å². The van der Waals surface area contributed by atoms with Crippen LogP contribution < -0.4 is 5.32 Å². The van der Waals surface area contributed by atoms with E-state index in [1.807, 2.05) is 0 Å². The van der Waals surface area contributed by atoms with Crippen molar-refractivity contribution in [2.75, 3.05) is 13.1 Å². The molecule has 0 aromatic carbocycles. The zero-order chi connectivity index (χ0) is 9.03. The minimum atomic E-state index is 0.608. The van der Waals surface area contributed by atoms with E-state index in [0.717, 1.165) is 5.92 Å². The average Bonchev–Trinajstić information content (AvgIpc) is 2.57. The highest BCUT2D eigenvalue weighted by molar-refractivity contribution is 4.80. The molecule has 0 aromatic heterocycles. The van der Waals surface area contributed by atoms with E-state index in [4.69, 9.17) is 0 Å². The van der Waals surface area contributed by atoms with Crippen LogP contribution in [0.3, 0.4) is 0 Å². The second-order valence-electron chi connectivity index (χ2n) is 4.58. The number of rotatable bonds is 4. The molecule has 1 aliphatic heterocycles. The van der Waals surface area contributed by atoms with Crippen LogP contribution in [-0.2, 0) is 0 Å². The summed E-state index contributed by atoms with van der Waals surface area (Å²) < 4.78 is 0. The van der Waals surface area contributed by atoms with E-state index in [0.29, 0.717) is 5.41 Å². The second-order valence-corrected chi connectivity index (χ2v) is 4.58. The molecule has 0 bridgehead atoms. The summed E-state index contributed by atoms with van der Waals surface area (Å²) in [5, 5.41) is 3.44. The normalized spacial score (nSPS) is 24.8. The van der Waals surface area contributed by atoms with Gasteiger partial charge in [0, 0.05) is 0 Å². The fourth-order valence-corrected chi connectivity index (χ4v) is 2.12. The lowest BCUT2D eigenvalue weighted by Crippen LogP contribution is -2.20. The highest BCUT2D eigenvalue weighted by atomic mass is 14.9. The van der Waals surface area contributed by atoms with Crippen LogP contribution in [0, 0.1) is 11.3 Å². The summed E-state index contributed by atoms with van der Waals surface area (Å²) in [6.45, 7) is 9.59. The highest BCUT2D eigenvalue weighted by Gasteiger charge is 2.26. The Labute approximate surface area is 76.9 Å². The monoisotopic (exact) mass is 169 g/mol. The van der Waals surface area contributed by atoms with Crippen LogP contribution >= 0.6 is 0 Å².